The number of pyridine rings is 1. The zero-order valence-electron chi connectivity index (χ0n) is 9.45. The van der Waals surface area contributed by atoms with E-state index in [1.165, 1.54) is 12.0 Å². The third-order valence-electron chi connectivity index (χ3n) is 2.97. The first-order valence-corrected chi connectivity index (χ1v) is 6.40. The van der Waals surface area contributed by atoms with Gasteiger partial charge in [0.25, 0.3) is 0 Å². The van der Waals surface area contributed by atoms with E-state index in [0.717, 1.165) is 30.1 Å². The number of halogens is 1. The summed E-state index contributed by atoms with van der Waals surface area (Å²) in [4.78, 5) is 4.20. The van der Waals surface area contributed by atoms with Crippen molar-refractivity contribution in [3.63, 3.8) is 0 Å². The van der Waals surface area contributed by atoms with Gasteiger partial charge in [-0.2, -0.15) is 0 Å². The average molecular weight is 285 g/mol. The zero-order valence-corrected chi connectivity index (χ0v) is 11.0. The van der Waals surface area contributed by atoms with E-state index in [0.29, 0.717) is 5.92 Å². The lowest BCUT2D eigenvalue weighted by Gasteiger charge is -2.03. The smallest absolute Gasteiger partial charge is 0.0587 e. The fraction of sp³-hybridized carbons (Fsp3) is 0.583. The minimum absolute atomic E-state index is 0.694. The van der Waals surface area contributed by atoms with Crippen molar-refractivity contribution in [2.75, 3.05) is 26.8 Å². The Labute approximate surface area is 105 Å². The summed E-state index contributed by atoms with van der Waals surface area (Å²) >= 11 is 3.46. The average Bonchev–Trinajstić information content (AvgIpc) is 3.04. The molecule has 0 bridgehead atoms. The molecule has 0 amide bonds. The molecule has 1 saturated carbocycles. The lowest BCUT2D eigenvalue weighted by molar-refractivity contribution is 0.199. The van der Waals surface area contributed by atoms with Gasteiger partial charge in [-0.3, -0.25) is 4.98 Å². The summed E-state index contributed by atoms with van der Waals surface area (Å²) in [5.41, 5.74) is 1.35. The standard InChI is InChI=1S/C12H17BrN2O/c1-16-3-2-14-6-10-5-12(10)9-4-11(13)8-15-7-9/h4,7-8,10,12,14H,2-3,5-6H2,1H3. The van der Waals surface area contributed by atoms with Crippen molar-refractivity contribution in [3.8, 4) is 0 Å². The molecular formula is C12H17BrN2O. The van der Waals surface area contributed by atoms with Gasteiger partial charge in [0.05, 0.1) is 6.61 Å². The number of ether oxygens (including phenoxy) is 1. The van der Waals surface area contributed by atoms with Crippen molar-refractivity contribution in [1.82, 2.24) is 10.3 Å². The largest absolute Gasteiger partial charge is 0.383 e. The molecule has 1 N–H and O–H groups in total. The van der Waals surface area contributed by atoms with Crippen molar-refractivity contribution in [3.05, 3.63) is 28.5 Å². The Morgan fingerprint density at radius 1 is 1.56 bits per heavy atom. The number of rotatable bonds is 6. The highest BCUT2D eigenvalue weighted by Gasteiger charge is 2.37. The molecule has 88 valence electrons. The fourth-order valence-corrected chi connectivity index (χ4v) is 2.36. The van der Waals surface area contributed by atoms with Crippen molar-refractivity contribution in [2.24, 2.45) is 5.92 Å². The van der Waals surface area contributed by atoms with Crippen LogP contribution in [0.25, 0.3) is 0 Å². The Morgan fingerprint density at radius 3 is 3.19 bits per heavy atom. The quantitative estimate of drug-likeness (QED) is 0.813. The predicted molar refractivity (Wildman–Crippen MR) is 67.5 cm³/mol. The second-order valence-corrected chi connectivity index (χ2v) is 5.15. The van der Waals surface area contributed by atoms with E-state index < -0.39 is 0 Å². The maximum Gasteiger partial charge on any atom is 0.0587 e. The monoisotopic (exact) mass is 284 g/mol. The van der Waals surface area contributed by atoms with E-state index in [-0.39, 0.29) is 0 Å². The van der Waals surface area contributed by atoms with E-state index in [4.69, 9.17) is 4.74 Å². The van der Waals surface area contributed by atoms with Crippen molar-refractivity contribution < 1.29 is 4.74 Å². The second-order valence-electron chi connectivity index (χ2n) is 4.24. The van der Waals surface area contributed by atoms with Crippen LogP contribution in [-0.2, 0) is 4.74 Å². The van der Waals surface area contributed by atoms with Gasteiger partial charge in [-0.05, 0) is 52.4 Å². The molecule has 16 heavy (non-hydrogen) atoms. The molecule has 1 aliphatic rings. The summed E-state index contributed by atoms with van der Waals surface area (Å²) in [6.07, 6.45) is 5.08. The van der Waals surface area contributed by atoms with Crippen LogP contribution < -0.4 is 5.32 Å². The van der Waals surface area contributed by atoms with Crippen LogP contribution in [0.4, 0.5) is 0 Å². The van der Waals surface area contributed by atoms with Crippen LogP contribution in [0, 0.1) is 5.92 Å². The second kappa shape index (κ2) is 5.75. The molecule has 4 heteroatoms. The van der Waals surface area contributed by atoms with Gasteiger partial charge in [-0.15, -0.1) is 0 Å². The van der Waals surface area contributed by atoms with Gasteiger partial charge in [0.2, 0.25) is 0 Å². The molecule has 2 rings (SSSR count). The van der Waals surface area contributed by atoms with Gasteiger partial charge in [0, 0.05) is 30.5 Å². The first kappa shape index (κ1) is 12.0. The lowest BCUT2D eigenvalue weighted by atomic mass is 10.1. The molecule has 3 nitrogen and oxygen atoms in total. The Morgan fingerprint density at radius 2 is 2.44 bits per heavy atom. The molecule has 1 aromatic rings. The van der Waals surface area contributed by atoms with Gasteiger partial charge in [-0.1, -0.05) is 0 Å². The summed E-state index contributed by atoms with van der Waals surface area (Å²) in [6.45, 7) is 2.81. The van der Waals surface area contributed by atoms with E-state index in [1.54, 1.807) is 7.11 Å². The highest BCUT2D eigenvalue weighted by molar-refractivity contribution is 9.10. The molecule has 2 atom stereocenters. The number of methoxy groups -OCH3 is 1. The molecule has 1 fully saturated rings. The topological polar surface area (TPSA) is 34.1 Å². The first-order valence-electron chi connectivity index (χ1n) is 5.61. The van der Waals surface area contributed by atoms with E-state index in [9.17, 15) is 0 Å². The minimum Gasteiger partial charge on any atom is -0.383 e. The van der Waals surface area contributed by atoms with Crippen LogP contribution in [0.5, 0.6) is 0 Å². The Bertz CT molecular complexity index is 346. The molecule has 0 spiro atoms. The van der Waals surface area contributed by atoms with Crippen molar-refractivity contribution >= 4 is 15.9 Å². The molecule has 1 aromatic heterocycles. The Balaban J connectivity index is 1.74. The number of nitrogens with zero attached hydrogens (tertiary/aromatic N) is 1. The van der Waals surface area contributed by atoms with Crippen molar-refractivity contribution in [2.45, 2.75) is 12.3 Å². The summed E-state index contributed by atoms with van der Waals surface area (Å²) in [5, 5.41) is 3.41. The Kier molecular flexibility index (Phi) is 4.32. The van der Waals surface area contributed by atoms with E-state index in [1.807, 2.05) is 12.4 Å². The summed E-state index contributed by atoms with van der Waals surface area (Å²) in [6, 6.07) is 2.17. The lowest BCUT2D eigenvalue weighted by Crippen LogP contribution is -2.21. The molecule has 0 saturated heterocycles. The molecular weight excluding hydrogens is 268 g/mol. The first-order chi connectivity index (χ1) is 7.81. The van der Waals surface area contributed by atoms with Gasteiger partial charge in [0.1, 0.15) is 0 Å². The molecule has 1 heterocycles. The maximum absolute atomic E-state index is 4.99. The SMILES string of the molecule is COCCNCC1CC1c1cncc(Br)c1. The molecule has 1 aliphatic carbocycles. The third kappa shape index (κ3) is 3.27. The highest BCUT2D eigenvalue weighted by atomic mass is 79.9. The van der Waals surface area contributed by atoms with Crippen LogP contribution in [0.2, 0.25) is 0 Å². The number of nitrogens with one attached hydrogen (secondary N) is 1. The molecule has 2 unspecified atom stereocenters. The van der Waals surface area contributed by atoms with Crippen molar-refractivity contribution in [1.29, 1.82) is 0 Å². The Hall–Kier alpha value is -0.450. The fourth-order valence-electron chi connectivity index (χ4n) is 1.97. The number of hydrogen-bond acceptors (Lipinski definition) is 3. The van der Waals surface area contributed by atoms with Gasteiger partial charge in [0.15, 0.2) is 0 Å². The molecule has 0 radical (unpaired) electrons. The van der Waals surface area contributed by atoms with Crippen LogP contribution in [-0.4, -0.2) is 31.8 Å². The molecule has 0 aromatic carbocycles. The summed E-state index contributed by atoms with van der Waals surface area (Å²) in [5.74, 6) is 1.47. The minimum atomic E-state index is 0.694. The third-order valence-corrected chi connectivity index (χ3v) is 3.40. The van der Waals surface area contributed by atoms with Crippen LogP contribution in [0.3, 0.4) is 0 Å². The highest BCUT2D eigenvalue weighted by Crippen LogP contribution is 2.47. The zero-order chi connectivity index (χ0) is 11.4. The maximum atomic E-state index is 4.99. The number of hydrogen-bond donors (Lipinski definition) is 1. The van der Waals surface area contributed by atoms with Crippen LogP contribution >= 0.6 is 15.9 Å². The van der Waals surface area contributed by atoms with Gasteiger partial charge in [-0.25, -0.2) is 0 Å². The summed E-state index contributed by atoms with van der Waals surface area (Å²) < 4.78 is 6.06. The molecule has 0 aliphatic heterocycles. The van der Waals surface area contributed by atoms with E-state index >= 15 is 0 Å². The van der Waals surface area contributed by atoms with Crippen LogP contribution in [0.1, 0.15) is 17.9 Å². The normalized spacial score (nSPS) is 23.4. The van der Waals surface area contributed by atoms with Gasteiger partial charge < -0.3 is 10.1 Å². The summed E-state index contributed by atoms with van der Waals surface area (Å²) in [7, 11) is 1.73. The predicted octanol–water partition coefficient (Wildman–Crippen LogP) is 2.18. The number of aromatic nitrogens is 1. The van der Waals surface area contributed by atoms with Crippen LogP contribution in [0.15, 0.2) is 22.9 Å². The van der Waals surface area contributed by atoms with Gasteiger partial charge >= 0.3 is 0 Å². The van der Waals surface area contributed by atoms with E-state index in [2.05, 4.69) is 32.3 Å².